The van der Waals surface area contributed by atoms with E-state index in [0.717, 1.165) is 17.7 Å². The summed E-state index contributed by atoms with van der Waals surface area (Å²) < 4.78 is 36.8. The molecule has 0 saturated carbocycles. The lowest BCUT2D eigenvalue weighted by atomic mass is 10.1. The zero-order valence-electron chi connectivity index (χ0n) is 23.1. The molecule has 2 aromatic carbocycles. The van der Waals surface area contributed by atoms with Crippen molar-refractivity contribution in [1.29, 1.82) is 0 Å². The Morgan fingerprint density at radius 3 is 2.46 bits per heavy atom. The van der Waals surface area contributed by atoms with Crippen LogP contribution in [0.3, 0.4) is 0 Å². The molecule has 2 heterocycles. The Bertz CT molecular complexity index is 1600. The molecule has 0 spiro atoms. The van der Waals surface area contributed by atoms with Gasteiger partial charge >= 0.3 is 0 Å². The first kappa shape index (κ1) is 28.5. The highest BCUT2D eigenvalue weighted by molar-refractivity contribution is 7.89. The van der Waals surface area contributed by atoms with Crippen LogP contribution in [0.2, 0.25) is 0 Å². The first-order valence-corrected chi connectivity index (χ1v) is 14.5. The van der Waals surface area contributed by atoms with Gasteiger partial charge in [-0.15, -0.1) is 0 Å². The maximum atomic E-state index is 14.0. The minimum Gasteiger partial charge on any atom is -0.493 e. The molecule has 0 radical (unpaired) electrons. The standard InChI is InChI=1S/C28H36N6O4S/c1-6-11-23-25-26(33(5)31-23)28(35)30-27(29-25)22-18-21(14-15-24(22)38-7-2)39(36,37)34(17-16-32(3)4)19-20-12-9-8-10-13-20/h8-10,12-15,18H,6-7,11,16-17,19H2,1-5H3,(H,29,30,35). The summed E-state index contributed by atoms with van der Waals surface area (Å²) in [6.07, 6.45) is 1.51. The lowest BCUT2D eigenvalue weighted by molar-refractivity contribution is 0.329. The van der Waals surface area contributed by atoms with Crippen molar-refractivity contribution in [3.8, 4) is 17.1 Å². The molecule has 0 bridgehead atoms. The Balaban J connectivity index is 1.84. The molecule has 0 unspecified atom stereocenters. The molecule has 11 heteroatoms. The SMILES string of the molecule is CCCc1nn(C)c2c(=O)[nH]c(-c3cc(S(=O)(=O)N(CCN(C)C)Cc4ccccc4)ccc3OCC)nc12. The number of fused-ring (bicyclic) bond motifs is 1. The molecule has 0 aliphatic carbocycles. The van der Waals surface area contributed by atoms with Crippen molar-refractivity contribution in [1.82, 2.24) is 29.0 Å². The number of aromatic amines is 1. The minimum atomic E-state index is -3.91. The molecular weight excluding hydrogens is 516 g/mol. The summed E-state index contributed by atoms with van der Waals surface area (Å²) in [6.45, 7) is 5.34. The third kappa shape index (κ3) is 6.21. The molecular formula is C28H36N6O4S. The number of sulfonamides is 1. The summed E-state index contributed by atoms with van der Waals surface area (Å²) in [5, 5.41) is 4.48. The van der Waals surface area contributed by atoms with Gasteiger partial charge in [0.1, 0.15) is 17.1 Å². The van der Waals surface area contributed by atoms with Gasteiger partial charge in [-0.1, -0.05) is 43.7 Å². The molecule has 4 aromatic rings. The second-order valence-electron chi connectivity index (χ2n) is 9.65. The summed E-state index contributed by atoms with van der Waals surface area (Å²) in [7, 11) is 1.62. The van der Waals surface area contributed by atoms with Crippen molar-refractivity contribution >= 4 is 21.1 Å². The Hall–Kier alpha value is -3.54. The van der Waals surface area contributed by atoms with Crippen LogP contribution in [0.15, 0.2) is 58.2 Å². The first-order chi connectivity index (χ1) is 18.6. The van der Waals surface area contributed by atoms with Crippen LogP contribution in [0.25, 0.3) is 22.4 Å². The van der Waals surface area contributed by atoms with Gasteiger partial charge in [-0.05, 0) is 51.2 Å². The van der Waals surface area contributed by atoms with Gasteiger partial charge in [0.05, 0.1) is 22.8 Å². The number of rotatable bonds is 12. The molecule has 0 aliphatic rings. The fourth-order valence-electron chi connectivity index (χ4n) is 4.45. The van der Waals surface area contributed by atoms with Gasteiger partial charge in [-0.3, -0.25) is 9.48 Å². The number of aryl methyl sites for hydroxylation is 2. The molecule has 0 aliphatic heterocycles. The van der Waals surface area contributed by atoms with Gasteiger partial charge in [0.2, 0.25) is 10.0 Å². The summed E-state index contributed by atoms with van der Waals surface area (Å²) in [5.74, 6) is 0.670. The molecule has 0 atom stereocenters. The Morgan fingerprint density at radius 2 is 1.79 bits per heavy atom. The fourth-order valence-corrected chi connectivity index (χ4v) is 5.89. The maximum Gasteiger partial charge on any atom is 0.277 e. The molecule has 0 fully saturated rings. The average molecular weight is 553 g/mol. The fraction of sp³-hybridized carbons (Fsp3) is 0.393. The van der Waals surface area contributed by atoms with Crippen LogP contribution < -0.4 is 10.3 Å². The van der Waals surface area contributed by atoms with E-state index in [1.807, 2.05) is 63.2 Å². The van der Waals surface area contributed by atoms with Crippen LogP contribution >= 0.6 is 0 Å². The van der Waals surface area contributed by atoms with Gasteiger partial charge in [0, 0.05) is 26.7 Å². The topological polar surface area (TPSA) is 113 Å². The van der Waals surface area contributed by atoms with Crippen LogP contribution in [0.5, 0.6) is 5.75 Å². The van der Waals surface area contributed by atoms with E-state index >= 15 is 0 Å². The number of ether oxygens (including phenoxy) is 1. The van der Waals surface area contributed by atoms with Gasteiger partial charge < -0.3 is 14.6 Å². The quantitative estimate of drug-likeness (QED) is 0.286. The molecule has 10 nitrogen and oxygen atoms in total. The normalized spacial score (nSPS) is 12.1. The molecule has 208 valence electrons. The number of H-pyrrole nitrogens is 1. The molecule has 39 heavy (non-hydrogen) atoms. The number of nitrogens with zero attached hydrogens (tertiary/aromatic N) is 5. The van der Waals surface area contributed by atoms with Crippen molar-refractivity contribution < 1.29 is 13.2 Å². The number of hydrogen-bond donors (Lipinski definition) is 1. The maximum absolute atomic E-state index is 14.0. The summed E-state index contributed by atoms with van der Waals surface area (Å²) in [4.78, 5) is 22.7. The summed E-state index contributed by atoms with van der Waals surface area (Å²) in [5.41, 5.74) is 2.55. The number of aromatic nitrogens is 4. The monoisotopic (exact) mass is 552 g/mol. The predicted octanol–water partition coefficient (Wildman–Crippen LogP) is 3.43. The molecule has 0 saturated heterocycles. The largest absolute Gasteiger partial charge is 0.493 e. The van der Waals surface area contributed by atoms with Crippen LogP contribution in [-0.4, -0.2) is 71.2 Å². The summed E-state index contributed by atoms with van der Waals surface area (Å²) in [6, 6.07) is 14.2. The highest BCUT2D eigenvalue weighted by atomic mass is 32.2. The van der Waals surface area contributed by atoms with E-state index in [1.54, 1.807) is 19.2 Å². The third-order valence-corrected chi connectivity index (χ3v) is 8.23. The Labute approximate surface area is 229 Å². The van der Waals surface area contributed by atoms with E-state index in [1.165, 1.54) is 15.1 Å². The van der Waals surface area contributed by atoms with E-state index in [9.17, 15) is 13.2 Å². The molecule has 4 rings (SSSR count). The van der Waals surface area contributed by atoms with E-state index in [2.05, 4.69) is 10.1 Å². The second kappa shape index (κ2) is 12.1. The van der Waals surface area contributed by atoms with Crippen molar-refractivity contribution in [3.05, 3.63) is 70.1 Å². The number of nitrogens with one attached hydrogen (secondary N) is 1. The van der Waals surface area contributed by atoms with E-state index in [-0.39, 0.29) is 22.8 Å². The molecule has 1 N–H and O–H groups in total. The smallest absolute Gasteiger partial charge is 0.277 e. The third-order valence-electron chi connectivity index (χ3n) is 6.39. The Morgan fingerprint density at radius 1 is 1.05 bits per heavy atom. The molecule has 0 amide bonds. The predicted molar refractivity (Wildman–Crippen MR) is 152 cm³/mol. The van der Waals surface area contributed by atoms with Gasteiger partial charge in [-0.2, -0.15) is 9.40 Å². The van der Waals surface area contributed by atoms with E-state index in [0.29, 0.717) is 48.5 Å². The lowest BCUT2D eigenvalue weighted by Gasteiger charge is -2.24. The van der Waals surface area contributed by atoms with Crippen LogP contribution in [-0.2, 0) is 30.0 Å². The average Bonchev–Trinajstić information content (AvgIpc) is 3.22. The number of hydrogen-bond acceptors (Lipinski definition) is 7. The van der Waals surface area contributed by atoms with Crippen molar-refractivity contribution in [2.45, 2.75) is 38.1 Å². The van der Waals surface area contributed by atoms with Gasteiger partial charge in [0.15, 0.2) is 5.52 Å². The molecule has 2 aromatic heterocycles. The number of likely N-dealkylation sites (N-methyl/N-ethyl adjacent to an activating group) is 1. The zero-order chi connectivity index (χ0) is 28.2. The van der Waals surface area contributed by atoms with Crippen LogP contribution in [0, 0.1) is 0 Å². The van der Waals surface area contributed by atoms with Crippen molar-refractivity contribution in [3.63, 3.8) is 0 Å². The zero-order valence-corrected chi connectivity index (χ0v) is 24.0. The van der Waals surface area contributed by atoms with E-state index < -0.39 is 10.0 Å². The number of benzene rings is 2. The highest BCUT2D eigenvalue weighted by Crippen LogP contribution is 2.32. The lowest BCUT2D eigenvalue weighted by Crippen LogP contribution is -2.36. The minimum absolute atomic E-state index is 0.0957. The Kier molecular flexibility index (Phi) is 8.83. The van der Waals surface area contributed by atoms with E-state index in [4.69, 9.17) is 9.72 Å². The van der Waals surface area contributed by atoms with Crippen LogP contribution in [0.4, 0.5) is 0 Å². The van der Waals surface area contributed by atoms with Crippen molar-refractivity contribution in [2.24, 2.45) is 7.05 Å². The van der Waals surface area contributed by atoms with Gasteiger partial charge in [0.25, 0.3) is 5.56 Å². The second-order valence-corrected chi connectivity index (χ2v) is 11.6. The highest BCUT2D eigenvalue weighted by Gasteiger charge is 2.27. The van der Waals surface area contributed by atoms with Crippen LogP contribution in [0.1, 0.15) is 31.5 Å². The summed E-state index contributed by atoms with van der Waals surface area (Å²) >= 11 is 0. The van der Waals surface area contributed by atoms with Gasteiger partial charge in [-0.25, -0.2) is 13.4 Å². The first-order valence-electron chi connectivity index (χ1n) is 13.1. The van der Waals surface area contributed by atoms with Crippen molar-refractivity contribution in [2.75, 3.05) is 33.8 Å².